The highest BCUT2D eigenvalue weighted by Crippen LogP contribution is 2.19. The summed E-state index contributed by atoms with van der Waals surface area (Å²) in [5.41, 5.74) is 3.23. The number of amides is 1. The van der Waals surface area contributed by atoms with Gasteiger partial charge in [0.05, 0.1) is 4.88 Å². The van der Waals surface area contributed by atoms with Crippen molar-refractivity contribution in [2.75, 3.05) is 5.32 Å². The van der Waals surface area contributed by atoms with Crippen molar-refractivity contribution >= 4 is 23.1 Å². The van der Waals surface area contributed by atoms with Gasteiger partial charge in [-0.3, -0.25) is 4.79 Å². The fraction of sp³-hybridized carbons (Fsp3) is 0.158. The summed E-state index contributed by atoms with van der Waals surface area (Å²) >= 11 is 1.40. The molecule has 24 heavy (non-hydrogen) atoms. The Hall–Kier alpha value is -2.66. The van der Waals surface area contributed by atoms with Crippen molar-refractivity contribution in [2.45, 2.75) is 20.5 Å². The Morgan fingerprint density at radius 1 is 1.12 bits per heavy atom. The highest BCUT2D eigenvalue weighted by atomic mass is 32.1. The maximum absolute atomic E-state index is 12.3. The molecule has 1 N–H and O–H groups in total. The second-order valence-corrected chi connectivity index (χ2v) is 6.50. The Morgan fingerprint density at radius 2 is 1.92 bits per heavy atom. The van der Waals surface area contributed by atoms with Gasteiger partial charge in [0.2, 0.25) is 0 Å². The van der Waals surface area contributed by atoms with Crippen LogP contribution >= 0.6 is 11.3 Å². The van der Waals surface area contributed by atoms with Crippen LogP contribution in [0.2, 0.25) is 0 Å². The predicted molar refractivity (Wildman–Crippen MR) is 96.8 cm³/mol. The van der Waals surface area contributed by atoms with Gasteiger partial charge in [0.25, 0.3) is 5.91 Å². The minimum atomic E-state index is -0.153. The van der Waals surface area contributed by atoms with Gasteiger partial charge in [-0.25, -0.2) is 4.98 Å². The summed E-state index contributed by atoms with van der Waals surface area (Å²) in [4.78, 5) is 17.1. The van der Waals surface area contributed by atoms with Crippen LogP contribution in [0.4, 0.5) is 5.82 Å². The predicted octanol–water partition coefficient (Wildman–Crippen LogP) is 4.59. The fourth-order valence-electron chi connectivity index (χ4n) is 2.15. The Morgan fingerprint density at radius 3 is 2.67 bits per heavy atom. The normalized spacial score (nSPS) is 10.4. The molecule has 0 unspecified atom stereocenters. The van der Waals surface area contributed by atoms with E-state index in [0.29, 0.717) is 17.3 Å². The van der Waals surface area contributed by atoms with Gasteiger partial charge in [0.1, 0.15) is 18.2 Å². The number of carbonyl (C=O) groups is 1. The third-order valence-corrected chi connectivity index (χ3v) is 4.44. The van der Waals surface area contributed by atoms with Crippen molar-refractivity contribution in [1.29, 1.82) is 0 Å². The molecule has 0 radical (unpaired) electrons. The van der Waals surface area contributed by atoms with E-state index in [1.54, 1.807) is 6.20 Å². The molecule has 0 aliphatic rings. The number of aryl methyl sites for hydroxylation is 2. The Bertz CT molecular complexity index is 841. The number of pyridine rings is 1. The zero-order chi connectivity index (χ0) is 16.9. The van der Waals surface area contributed by atoms with Crippen molar-refractivity contribution in [3.05, 3.63) is 75.6 Å². The first-order valence-corrected chi connectivity index (χ1v) is 8.49. The van der Waals surface area contributed by atoms with Crippen LogP contribution in [0.1, 0.15) is 26.4 Å². The summed E-state index contributed by atoms with van der Waals surface area (Å²) in [5.74, 6) is 1.23. The molecule has 2 heterocycles. The summed E-state index contributed by atoms with van der Waals surface area (Å²) in [6, 6.07) is 13.5. The third kappa shape index (κ3) is 4.20. The van der Waals surface area contributed by atoms with Crippen LogP contribution in [0, 0.1) is 13.8 Å². The fourth-order valence-corrected chi connectivity index (χ4v) is 2.95. The molecule has 0 bridgehead atoms. The highest BCUT2D eigenvalue weighted by Gasteiger charge is 2.10. The van der Waals surface area contributed by atoms with Crippen LogP contribution in [0.3, 0.4) is 0 Å². The van der Waals surface area contributed by atoms with Crippen molar-refractivity contribution in [3.63, 3.8) is 0 Å². The molecule has 3 rings (SSSR count). The molecule has 1 aromatic carbocycles. The lowest BCUT2D eigenvalue weighted by Gasteiger charge is -2.05. The molecule has 1 amide bonds. The third-order valence-electron chi connectivity index (χ3n) is 3.46. The average Bonchev–Trinajstić information content (AvgIpc) is 3.03. The summed E-state index contributed by atoms with van der Waals surface area (Å²) in [5, 5.41) is 4.75. The van der Waals surface area contributed by atoms with Gasteiger partial charge < -0.3 is 10.1 Å². The van der Waals surface area contributed by atoms with Crippen molar-refractivity contribution in [3.8, 4) is 5.75 Å². The topological polar surface area (TPSA) is 51.2 Å². The highest BCUT2D eigenvalue weighted by molar-refractivity contribution is 7.12. The van der Waals surface area contributed by atoms with E-state index in [1.807, 2.05) is 61.7 Å². The Balaban J connectivity index is 1.60. The quantitative estimate of drug-likeness (QED) is 0.740. The number of anilines is 1. The number of rotatable bonds is 5. The van der Waals surface area contributed by atoms with Crippen LogP contribution in [0.5, 0.6) is 5.75 Å². The van der Waals surface area contributed by atoms with Crippen LogP contribution < -0.4 is 10.1 Å². The molecule has 3 aromatic rings. The van der Waals surface area contributed by atoms with Gasteiger partial charge in [0, 0.05) is 11.8 Å². The molecule has 122 valence electrons. The minimum Gasteiger partial charge on any atom is -0.489 e. The van der Waals surface area contributed by atoms with Crippen molar-refractivity contribution in [1.82, 2.24) is 4.98 Å². The van der Waals surface area contributed by atoms with Gasteiger partial charge in [-0.15, -0.1) is 11.3 Å². The molecule has 0 atom stereocenters. The average molecular weight is 338 g/mol. The number of thiophene rings is 1. The standard InChI is InChI=1S/C19H18N2O2S/c1-13-3-5-16(6-4-13)23-11-15-10-17(24-12-15)19(22)21-18-9-14(2)7-8-20-18/h3-10,12H,11H2,1-2H3,(H,20,21,22). The maximum atomic E-state index is 12.3. The van der Waals surface area contributed by atoms with Crippen molar-refractivity contribution < 1.29 is 9.53 Å². The SMILES string of the molecule is Cc1ccc(OCc2csc(C(=O)Nc3cc(C)ccn3)c2)cc1. The smallest absolute Gasteiger partial charge is 0.266 e. The molecule has 0 fully saturated rings. The van der Waals surface area contributed by atoms with Crippen LogP contribution in [0.25, 0.3) is 0 Å². The van der Waals surface area contributed by atoms with Crippen LogP contribution in [-0.4, -0.2) is 10.9 Å². The molecular weight excluding hydrogens is 320 g/mol. The lowest BCUT2D eigenvalue weighted by Crippen LogP contribution is -2.11. The first-order valence-electron chi connectivity index (χ1n) is 7.61. The Kier molecular flexibility index (Phi) is 4.91. The molecule has 4 nitrogen and oxygen atoms in total. The second kappa shape index (κ2) is 7.27. The molecule has 2 aromatic heterocycles. The lowest BCUT2D eigenvalue weighted by atomic mass is 10.2. The number of ether oxygens (including phenoxy) is 1. The number of aromatic nitrogens is 1. The monoisotopic (exact) mass is 338 g/mol. The van der Waals surface area contributed by atoms with E-state index in [-0.39, 0.29) is 5.91 Å². The van der Waals surface area contributed by atoms with Crippen molar-refractivity contribution in [2.24, 2.45) is 0 Å². The Labute approximate surface area is 145 Å². The number of benzene rings is 1. The minimum absolute atomic E-state index is 0.153. The van der Waals surface area contributed by atoms with Gasteiger partial charge in [0.15, 0.2) is 0 Å². The largest absolute Gasteiger partial charge is 0.489 e. The molecular formula is C19H18N2O2S. The van der Waals surface area contributed by atoms with E-state index < -0.39 is 0 Å². The maximum Gasteiger partial charge on any atom is 0.266 e. The van der Waals surface area contributed by atoms with Crippen LogP contribution in [0.15, 0.2) is 54.0 Å². The van der Waals surface area contributed by atoms with E-state index in [0.717, 1.165) is 16.9 Å². The molecule has 0 aliphatic carbocycles. The zero-order valence-corrected chi connectivity index (χ0v) is 14.4. The van der Waals surface area contributed by atoms with E-state index in [4.69, 9.17) is 4.74 Å². The molecule has 0 saturated heterocycles. The lowest BCUT2D eigenvalue weighted by molar-refractivity contribution is 0.103. The zero-order valence-electron chi connectivity index (χ0n) is 13.6. The van der Waals surface area contributed by atoms with Gasteiger partial charge in [-0.05, 0) is 55.1 Å². The van der Waals surface area contributed by atoms with E-state index >= 15 is 0 Å². The first-order chi connectivity index (χ1) is 11.6. The number of hydrogen-bond donors (Lipinski definition) is 1. The number of carbonyl (C=O) groups excluding carboxylic acids is 1. The van der Waals surface area contributed by atoms with E-state index in [2.05, 4.69) is 10.3 Å². The molecule has 0 saturated carbocycles. The van der Waals surface area contributed by atoms with E-state index in [1.165, 1.54) is 16.9 Å². The van der Waals surface area contributed by atoms with Gasteiger partial charge >= 0.3 is 0 Å². The number of nitrogens with zero attached hydrogens (tertiary/aromatic N) is 1. The number of hydrogen-bond acceptors (Lipinski definition) is 4. The first kappa shape index (κ1) is 16.2. The van der Waals surface area contributed by atoms with Crippen LogP contribution in [-0.2, 0) is 6.61 Å². The molecule has 5 heteroatoms. The summed E-state index contributed by atoms with van der Waals surface area (Å²) in [6.07, 6.45) is 1.68. The number of nitrogens with one attached hydrogen (secondary N) is 1. The second-order valence-electron chi connectivity index (χ2n) is 5.59. The summed E-state index contributed by atoms with van der Waals surface area (Å²) in [7, 11) is 0. The summed E-state index contributed by atoms with van der Waals surface area (Å²) in [6.45, 7) is 4.44. The molecule has 0 spiro atoms. The van der Waals surface area contributed by atoms with E-state index in [9.17, 15) is 4.79 Å². The van der Waals surface area contributed by atoms with Gasteiger partial charge in [-0.2, -0.15) is 0 Å². The summed E-state index contributed by atoms with van der Waals surface area (Å²) < 4.78 is 5.74. The molecule has 0 aliphatic heterocycles. The van der Waals surface area contributed by atoms with Gasteiger partial charge in [-0.1, -0.05) is 17.7 Å².